The molecule has 0 radical (unpaired) electrons. The molecular weight excluding hydrogens is 240 g/mol. The molecule has 0 heterocycles. The van der Waals surface area contributed by atoms with E-state index in [2.05, 4.69) is 13.8 Å². The molecule has 2 atom stereocenters. The second-order valence-electron chi connectivity index (χ2n) is 6.80. The third kappa shape index (κ3) is 2.40. The fraction of sp³-hybridized carbons (Fsp3) is 0.933. The Morgan fingerprint density at radius 3 is 2.42 bits per heavy atom. The van der Waals surface area contributed by atoms with Crippen molar-refractivity contribution in [1.82, 2.24) is 4.90 Å². The molecule has 1 amide bonds. The summed E-state index contributed by atoms with van der Waals surface area (Å²) in [7, 11) is 1.91. The predicted molar refractivity (Wildman–Crippen MR) is 75.8 cm³/mol. The maximum absolute atomic E-state index is 12.6. The number of rotatable bonds is 4. The molecule has 2 aliphatic carbocycles. The zero-order valence-corrected chi connectivity index (χ0v) is 12.7. The van der Waals surface area contributed by atoms with Crippen molar-refractivity contribution in [2.24, 2.45) is 11.1 Å². The van der Waals surface area contributed by atoms with E-state index < -0.39 is 5.54 Å². The third-order valence-electron chi connectivity index (χ3n) is 5.20. The molecule has 0 aromatic heterocycles. The minimum absolute atomic E-state index is 0.0232. The Kier molecular flexibility index (Phi) is 3.94. The predicted octanol–water partition coefficient (Wildman–Crippen LogP) is 1.92. The van der Waals surface area contributed by atoms with Gasteiger partial charge in [0.1, 0.15) is 0 Å². The second kappa shape index (κ2) is 5.06. The van der Waals surface area contributed by atoms with Gasteiger partial charge in [0.2, 0.25) is 5.91 Å². The SMILES string of the molecule is CCOC1CC(N(C)C(=O)C2(N)CCCC2)C1(C)C. The lowest BCUT2D eigenvalue weighted by Crippen LogP contribution is -2.66. The molecule has 2 N–H and O–H groups in total. The van der Waals surface area contributed by atoms with Gasteiger partial charge in [-0.15, -0.1) is 0 Å². The van der Waals surface area contributed by atoms with Crippen LogP contribution in [0.2, 0.25) is 0 Å². The molecule has 0 aromatic carbocycles. The summed E-state index contributed by atoms with van der Waals surface area (Å²) >= 11 is 0. The van der Waals surface area contributed by atoms with Crippen molar-refractivity contribution < 1.29 is 9.53 Å². The number of carbonyl (C=O) groups excluding carboxylic acids is 1. The number of likely N-dealkylation sites (N-methyl/N-ethyl adjacent to an activating group) is 1. The first-order chi connectivity index (χ1) is 8.83. The fourth-order valence-corrected chi connectivity index (χ4v) is 3.72. The first-order valence-electron chi connectivity index (χ1n) is 7.50. The van der Waals surface area contributed by atoms with Gasteiger partial charge in [-0.2, -0.15) is 0 Å². The summed E-state index contributed by atoms with van der Waals surface area (Å²) in [5.74, 6) is 0.123. The molecule has 4 heteroatoms. The van der Waals surface area contributed by atoms with Crippen LogP contribution >= 0.6 is 0 Å². The zero-order valence-electron chi connectivity index (χ0n) is 12.7. The maximum Gasteiger partial charge on any atom is 0.242 e. The summed E-state index contributed by atoms with van der Waals surface area (Å²) in [6.07, 6.45) is 5.00. The van der Waals surface area contributed by atoms with Crippen molar-refractivity contribution >= 4 is 5.91 Å². The highest BCUT2D eigenvalue weighted by Gasteiger charge is 2.53. The molecule has 4 nitrogen and oxygen atoms in total. The molecule has 2 saturated carbocycles. The van der Waals surface area contributed by atoms with E-state index in [0.717, 1.165) is 38.7 Å². The number of nitrogens with zero attached hydrogens (tertiary/aromatic N) is 1. The van der Waals surface area contributed by atoms with Crippen LogP contribution in [0, 0.1) is 5.41 Å². The highest BCUT2D eigenvalue weighted by atomic mass is 16.5. The van der Waals surface area contributed by atoms with Crippen molar-refractivity contribution in [3.8, 4) is 0 Å². The summed E-state index contributed by atoms with van der Waals surface area (Å²) in [4.78, 5) is 14.5. The van der Waals surface area contributed by atoms with Crippen LogP contribution in [0.4, 0.5) is 0 Å². The van der Waals surface area contributed by atoms with Gasteiger partial charge in [-0.3, -0.25) is 4.79 Å². The monoisotopic (exact) mass is 268 g/mol. The molecule has 0 saturated heterocycles. The smallest absolute Gasteiger partial charge is 0.242 e. The van der Waals surface area contributed by atoms with Crippen molar-refractivity contribution in [2.45, 2.75) is 70.6 Å². The lowest BCUT2D eigenvalue weighted by molar-refractivity contribution is -0.167. The van der Waals surface area contributed by atoms with E-state index in [1.54, 1.807) is 0 Å². The number of amides is 1. The van der Waals surface area contributed by atoms with Crippen LogP contribution in [0.1, 0.15) is 52.9 Å². The van der Waals surface area contributed by atoms with Crippen LogP contribution in [0.25, 0.3) is 0 Å². The number of ether oxygens (including phenoxy) is 1. The van der Waals surface area contributed by atoms with Gasteiger partial charge in [0.25, 0.3) is 0 Å². The van der Waals surface area contributed by atoms with Crippen molar-refractivity contribution in [1.29, 1.82) is 0 Å². The van der Waals surface area contributed by atoms with Gasteiger partial charge in [-0.1, -0.05) is 26.7 Å². The maximum atomic E-state index is 12.6. The Hall–Kier alpha value is -0.610. The van der Waals surface area contributed by atoms with Gasteiger partial charge in [-0.05, 0) is 26.2 Å². The minimum Gasteiger partial charge on any atom is -0.378 e. The Morgan fingerprint density at radius 2 is 1.95 bits per heavy atom. The highest BCUT2D eigenvalue weighted by molar-refractivity contribution is 5.86. The van der Waals surface area contributed by atoms with E-state index in [1.165, 1.54) is 0 Å². The van der Waals surface area contributed by atoms with Gasteiger partial charge in [0.15, 0.2) is 0 Å². The van der Waals surface area contributed by atoms with Crippen LogP contribution in [0.5, 0.6) is 0 Å². The van der Waals surface area contributed by atoms with E-state index in [9.17, 15) is 4.79 Å². The van der Waals surface area contributed by atoms with Crippen LogP contribution in [0.15, 0.2) is 0 Å². The van der Waals surface area contributed by atoms with Crippen molar-refractivity contribution in [3.63, 3.8) is 0 Å². The quantitative estimate of drug-likeness (QED) is 0.847. The summed E-state index contributed by atoms with van der Waals surface area (Å²) in [5.41, 5.74) is 5.69. The van der Waals surface area contributed by atoms with Crippen molar-refractivity contribution in [2.75, 3.05) is 13.7 Å². The lowest BCUT2D eigenvalue weighted by atomic mass is 9.63. The molecular formula is C15H28N2O2. The van der Waals surface area contributed by atoms with E-state index in [-0.39, 0.29) is 23.5 Å². The van der Waals surface area contributed by atoms with Crippen LogP contribution in [0.3, 0.4) is 0 Å². The van der Waals surface area contributed by atoms with Gasteiger partial charge in [0.05, 0.1) is 11.6 Å². The topological polar surface area (TPSA) is 55.6 Å². The van der Waals surface area contributed by atoms with E-state index in [1.807, 2.05) is 18.9 Å². The van der Waals surface area contributed by atoms with Gasteiger partial charge < -0.3 is 15.4 Å². The van der Waals surface area contributed by atoms with Gasteiger partial charge >= 0.3 is 0 Å². The molecule has 2 fully saturated rings. The second-order valence-corrected chi connectivity index (χ2v) is 6.80. The Bertz CT molecular complexity index is 348. The summed E-state index contributed by atoms with van der Waals surface area (Å²) in [6, 6.07) is 0.248. The highest BCUT2D eigenvalue weighted by Crippen LogP contribution is 2.46. The molecule has 2 unspecified atom stereocenters. The zero-order chi connectivity index (χ0) is 14.3. The van der Waals surface area contributed by atoms with Crippen LogP contribution in [-0.4, -0.2) is 42.1 Å². The first kappa shape index (κ1) is 14.8. The van der Waals surface area contributed by atoms with E-state index in [4.69, 9.17) is 10.5 Å². The van der Waals surface area contributed by atoms with Crippen molar-refractivity contribution in [3.05, 3.63) is 0 Å². The molecule has 0 aromatic rings. The van der Waals surface area contributed by atoms with Crippen LogP contribution < -0.4 is 5.73 Å². The standard InChI is InChI=1S/C15H28N2O2/c1-5-19-12-10-11(14(12,2)3)17(4)13(18)15(16)8-6-7-9-15/h11-12H,5-10,16H2,1-4H3. The molecule has 0 bridgehead atoms. The average Bonchev–Trinajstić information content (AvgIpc) is 2.80. The minimum atomic E-state index is -0.610. The fourth-order valence-electron chi connectivity index (χ4n) is 3.72. The van der Waals surface area contributed by atoms with E-state index >= 15 is 0 Å². The normalized spacial score (nSPS) is 31.8. The average molecular weight is 268 g/mol. The number of hydrogen-bond donors (Lipinski definition) is 1. The summed E-state index contributed by atoms with van der Waals surface area (Å²) in [6.45, 7) is 7.12. The largest absolute Gasteiger partial charge is 0.378 e. The number of nitrogens with two attached hydrogens (primary N) is 1. The van der Waals surface area contributed by atoms with Crippen LogP contribution in [-0.2, 0) is 9.53 Å². The molecule has 2 aliphatic rings. The molecule has 2 rings (SSSR count). The molecule has 19 heavy (non-hydrogen) atoms. The lowest BCUT2D eigenvalue weighted by Gasteiger charge is -2.55. The molecule has 0 spiro atoms. The third-order valence-corrected chi connectivity index (χ3v) is 5.20. The summed E-state index contributed by atoms with van der Waals surface area (Å²) < 4.78 is 5.73. The van der Waals surface area contributed by atoms with Gasteiger partial charge in [0, 0.05) is 25.1 Å². The van der Waals surface area contributed by atoms with Gasteiger partial charge in [-0.25, -0.2) is 0 Å². The van der Waals surface area contributed by atoms with E-state index in [0.29, 0.717) is 0 Å². The Morgan fingerprint density at radius 1 is 1.37 bits per heavy atom. The molecule has 110 valence electrons. The Labute approximate surface area is 116 Å². The Balaban J connectivity index is 2.01. The first-order valence-corrected chi connectivity index (χ1v) is 7.50. The summed E-state index contributed by atoms with van der Waals surface area (Å²) in [5, 5.41) is 0. The molecule has 0 aliphatic heterocycles. The number of carbonyl (C=O) groups is 1. The number of hydrogen-bond acceptors (Lipinski definition) is 3.